The van der Waals surface area contributed by atoms with Crippen molar-refractivity contribution in [3.63, 3.8) is 0 Å². The van der Waals surface area contributed by atoms with Gasteiger partial charge >= 0.3 is 0 Å². The Labute approximate surface area is 113 Å². The molecule has 0 fully saturated rings. The van der Waals surface area contributed by atoms with Gasteiger partial charge in [-0.2, -0.15) is 0 Å². The number of rotatable bonds is 4. The number of aryl methyl sites for hydroxylation is 1. The summed E-state index contributed by atoms with van der Waals surface area (Å²) >= 11 is 0. The zero-order valence-electron chi connectivity index (χ0n) is 11.2. The lowest BCUT2D eigenvalue weighted by Gasteiger charge is -2.22. The first kappa shape index (κ1) is 13.1. The van der Waals surface area contributed by atoms with Gasteiger partial charge < -0.3 is 0 Å². The molecule has 4 nitrogen and oxygen atoms in total. The highest BCUT2D eigenvalue weighted by molar-refractivity contribution is 5.84. The van der Waals surface area contributed by atoms with E-state index in [-0.39, 0.29) is 5.91 Å². The third kappa shape index (κ3) is 2.57. The van der Waals surface area contributed by atoms with Crippen molar-refractivity contribution < 1.29 is 4.79 Å². The second-order valence-corrected chi connectivity index (χ2v) is 4.30. The summed E-state index contributed by atoms with van der Waals surface area (Å²) in [6.07, 6.45) is 5.18. The molecule has 0 aliphatic carbocycles. The summed E-state index contributed by atoms with van der Waals surface area (Å²) in [5.74, 6) is 0.711. The topological polar surface area (TPSA) is 38.1 Å². The lowest BCUT2D eigenvalue weighted by atomic mass is 10.1. The molecule has 1 heterocycles. The maximum Gasteiger partial charge on any atom is 0.238 e. The summed E-state index contributed by atoms with van der Waals surface area (Å²) in [5, 5.41) is 1.60. The molecular weight excluding hydrogens is 238 g/mol. The number of nitrogens with zero attached hydrogens (tertiary/aromatic N) is 3. The molecule has 1 aromatic carbocycles. The van der Waals surface area contributed by atoms with E-state index in [1.54, 1.807) is 28.2 Å². The molecule has 0 N–H and O–H groups in total. The lowest BCUT2D eigenvalue weighted by Crippen LogP contribution is -2.39. The van der Waals surface area contributed by atoms with Crippen LogP contribution in [0, 0.1) is 6.92 Å². The molecule has 19 heavy (non-hydrogen) atoms. The SMILES string of the molecule is C=CCN(C(C)=O)n1ccnc1-c1ccccc1C. The molecule has 0 saturated carbocycles. The van der Waals surface area contributed by atoms with Crippen LogP contribution in [0.15, 0.2) is 49.3 Å². The third-order valence-corrected chi connectivity index (χ3v) is 2.93. The summed E-state index contributed by atoms with van der Waals surface area (Å²) in [5.41, 5.74) is 2.14. The molecule has 2 rings (SSSR count). The highest BCUT2D eigenvalue weighted by atomic mass is 16.2. The average Bonchev–Trinajstić information content (AvgIpc) is 2.84. The smallest absolute Gasteiger partial charge is 0.238 e. The molecule has 98 valence electrons. The summed E-state index contributed by atoms with van der Waals surface area (Å²) in [4.78, 5) is 16.1. The Bertz CT molecular complexity index is 601. The van der Waals surface area contributed by atoms with Crippen LogP contribution >= 0.6 is 0 Å². The van der Waals surface area contributed by atoms with Crippen LogP contribution in [0.25, 0.3) is 11.4 Å². The molecule has 0 aliphatic heterocycles. The van der Waals surface area contributed by atoms with Crippen molar-refractivity contribution in [3.8, 4) is 11.4 Å². The van der Waals surface area contributed by atoms with Crippen molar-refractivity contribution in [1.82, 2.24) is 9.66 Å². The summed E-state index contributed by atoms with van der Waals surface area (Å²) < 4.78 is 1.77. The molecular formula is C15H17N3O. The van der Waals surface area contributed by atoms with Crippen LogP contribution in [-0.4, -0.2) is 22.1 Å². The number of imidazole rings is 1. The minimum absolute atomic E-state index is 0.0484. The van der Waals surface area contributed by atoms with Gasteiger partial charge in [0.25, 0.3) is 0 Å². The molecule has 0 saturated heterocycles. The van der Waals surface area contributed by atoms with Gasteiger partial charge in [-0.05, 0) is 12.5 Å². The van der Waals surface area contributed by atoms with E-state index in [1.165, 1.54) is 6.92 Å². The quantitative estimate of drug-likeness (QED) is 0.787. The van der Waals surface area contributed by atoms with Gasteiger partial charge in [-0.1, -0.05) is 30.3 Å². The second kappa shape index (κ2) is 5.52. The lowest BCUT2D eigenvalue weighted by molar-refractivity contribution is -0.117. The van der Waals surface area contributed by atoms with Crippen LogP contribution < -0.4 is 5.01 Å². The third-order valence-electron chi connectivity index (χ3n) is 2.93. The number of carbonyl (C=O) groups is 1. The van der Waals surface area contributed by atoms with Crippen LogP contribution in [0.2, 0.25) is 0 Å². The van der Waals surface area contributed by atoms with Crippen molar-refractivity contribution in [1.29, 1.82) is 0 Å². The molecule has 0 radical (unpaired) electrons. The minimum atomic E-state index is -0.0484. The van der Waals surface area contributed by atoms with Gasteiger partial charge in [0.1, 0.15) is 0 Å². The number of aromatic nitrogens is 2. The Morgan fingerprint density at radius 3 is 2.84 bits per heavy atom. The van der Waals surface area contributed by atoms with Crippen molar-refractivity contribution >= 4 is 5.91 Å². The highest BCUT2D eigenvalue weighted by Crippen LogP contribution is 2.21. The number of amides is 1. The standard InChI is InChI=1S/C15H17N3O/c1-4-10-17(13(3)19)18-11-9-16-15(18)14-8-6-5-7-12(14)2/h4-9,11H,1,10H2,2-3H3. The molecule has 0 aliphatic rings. The van der Waals surface area contributed by atoms with Gasteiger partial charge in [0.2, 0.25) is 5.91 Å². The van der Waals surface area contributed by atoms with E-state index in [4.69, 9.17) is 0 Å². The largest absolute Gasteiger partial charge is 0.273 e. The second-order valence-electron chi connectivity index (χ2n) is 4.30. The van der Waals surface area contributed by atoms with E-state index in [1.807, 2.05) is 31.2 Å². The predicted octanol–water partition coefficient (Wildman–Crippen LogP) is 2.53. The molecule has 0 spiro atoms. The Hall–Kier alpha value is -2.36. The minimum Gasteiger partial charge on any atom is -0.273 e. The van der Waals surface area contributed by atoms with E-state index in [0.717, 1.165) is 17.0 Å². The number of hydrogen-bond acceptors (Lipinski definition) is 2. The zero-order chi connectivity index (χ0) is 13.8. The van der Waals surface area contributed by atoms with Crippen molar-refractivity contribution in [2.24, 2.45) is 0 Å². The fraction of sp³-hybridized carbons (Fsp3) is 0.200. The average molecular weight is 255 g/mol. The van der Waals surface area contributed by atoms with E-state index >= 15 is 0 Å². The Morgan fingerprint density at radius 2 is 2.21 bits per heavy atom. The fourth-order valence-electron chi connectivity index (χ4n) is 2.00. The van der Waals surface area contributed by atoms with Gasteiger partial charge in [0, 0.05) is 24.9 Å². The molecule has 2 aromatic rings. The first-order chi connectivity index (χ1) is 9.15. The van der Waals surface area contributed by atoms with Crippen molar-refractivity contribution in [2.75, 3.05) is 11.6 Å². The van der Waals surface area contributed by atoms with Gasteiger partial charge in [0.15, 0.2) is 5.82 Å². The summed E-state index contributed by atoms with van der Waals surface area (Å²) in [6, 6.07) is 7.98. The zero-order valence-corrected chi connectivity index (χ0v) is 11.2. The Morgan fingerprint density at radius 1 is 1.47 bits per heavy atom. The van der Waals surface area contributed by atoms with E-state index < -0.39 is 0 Å². The number of benzene rings is 1. The molecule has 4 heteroatoms. The van der Waals surface area contributed by atoms with Crippen LogP contribution in [0.4, 0.5) is 0 Å². The van der Waals surface area contributed by atoms with Crippen molar-refractivity contribution in [3.05, 3.63) is 54.9 Å². The van der Waals surface area contributed by atoms with E-state index in [9.17, 15) is 4.79 Å². The Balaban J connectivity index is 2.50. The molecule has 1 amide bonds. The number of carbonyl (C=O) groups excluding carboxylic acids is 1. The van der Waals surface area contributed by atoms with Gasteiger partial charge in [-0.3, -0.25) is 4.79 Å². The van der Waals surface area contributed by atoms with Crippen LogP contribution in [0.3, 0.4) is 0 Å². The van der Waals surface area contributed by atoms with E-state index in [0.29, 0.717) is 6.54 Å². The fourth-order valence-corrected chi connectivity index (χ4v) is 2.00. The van der Waals surface area contributed by atoms with E-state index in [2.05, 4.69) is 11.6 Å². The molecule has 0 atom stereocenters. The number of hydrogen-bond donors (Lipinski definition) is 0. The van der Waals surface area contributed by atoms with Crippen LogP contribution in [0.5, 0.6) is 0 Å². The van der Waals surface area contributed by atoms with Crippen LogP contribution in [-0.2, 0) is 4.79 Å². The van der Waals surface area contributed by atoms with Gasteiger partial charge in [0.05, 0.1) is 6.54 Å². The van der Waals surface area contributed by atoms with Crippen molar-refractivity contribution in [2.45, 2.75) is 13.8 Å². The molecule has 0 bridgehead atoms. The Kier molecular flexibility index (Phi) is 3.80. The first-order valence-electron chi connectivity index (χ1n) is 6.13. The summed E-state index contributed by atoms with van der Waals surface area (Å²) in [6.45, 7) is 7.69. The van der Waals surface area contributed by atoms with Gasteiger partial charge in [-0.25, -0.2) is 14.7 Å². The van der Waals surface area contributed by atoms with Crippen LogP contribution in [0.1, 0.15) is 12.5 Å². The monoisotopic (exact) mass is 255 g/mol. The normalized spacial score (nSPS) is 10.2. The molecule has 0 unspecified atom stereocenters. The summed E-state index contributed by atoms with van der Waals surface area (Å²) in [7, 11) is 0. The maximum absolute atomic E-state index is 11.7. The predicted molar refractivity (Wildman–Crippen MR) is 76.4 cm³/mol. The highest BCUT2D eigenvalue weighted by Gasteiger charge is 2.15. The first-order valence-corrected chi connectivity index (χ1v) is 6.13. The van der Waals surface area contributed by atoms with Gasteiger partial charge in [-0.15, -0.1) is 6.58 Å². The maximum atomic E-state index is 11.7. The molecule has 1 aromatic heterocycles.